The topological polar surface area (TPSA) is 54.4 Å². The fourth-order valence-electron chi connectivity index (χ4n) is 1.81. The van der Waals surface area contributed by atoms with Gasteiger partial charge in [-0.1, -0.05) is 0 Å². The van der Waals surface area contributed by atoms with Crippen LogP contribution in [-0.4, -0.2) is 11.1 Å². The van der Waals surface area contributed by atoms with Crippen LogP contribution < -0.4 is 5.43 Å². The van der Waals surface area contributed by atoms with E-state index in [4.69, 9.17) is 5.11 Å². The molecule has 2 aromatic rings. The largest absolute Gasteiger partial charge is 0.478 e. The summed E-state index contributed by atoms with van der Waals surface area (Å²) in [5, 5.41) is 11.3. The molecule has 2 rings (SSSR count). The number of hydrogen-bond acceptors (Lipinski definition) is 3. The number of aromatic carboxylic acids is 1. The maximum atomic E-state index is 11.7. The highest BCUT2D eigenvalue weighted by Crippen LogP contribution is 2.25. The summed E-state index contributed by atoms with van der Waals surface area (Å²) in [5.41, 5.74) is 1.48. The van der Waals surface area contributed by atoms with Crippen molar-refractivity contribution in [3.05, 3.63) is 44.4 Å². The number of rotatable bonds is 1. The quantitative estimate of drug-likeness (QED) is 0.825. The third-order valence-electron chi connectivity index (χ3n) is 2.61. The molecule has 0 fully saturated rings. The lowest BCUT2D eigenvalue weighted by atomic mass is 10.0. The first-order valence-electron chi connectivity index (χ1n) is 4.77. The van der Waals surface area contributed by atoms with Gasteiger partial charge in [0.15, 0.2) is 5.43 Å². The first kappa shape index (κ1) is 10.8. The van der Waals surface area contributed by atoms with Crippen LogP contribution in [0.4, 0.5) is 0 Å². The number of carbonyl (C=O) groups is 1. The van der Waals surface area contributed by atoms with Gasteiger partial charge in [0, 0.05) is 10.1 Å². The SMILES string of the molecule is Cc1cc(C(=O)O)c(C)c2c(=O)ccsc12. The van der Waals surface area contributed by atoms with Crippen LogP contribution in [0.15, 0.2) is 22.3 Å². The lowest BCUT2D eigenvalue weighted by molar-refractivity contribution is 0.0696. The number of benzene rings is 1. The molecule has 0 bridgehead atoms. The third kappa shape index (κ3) is 1.51. The molecule has 1 aromatic heterocycles. The average Bonchev–Trinajstić information content (AvgIpc) is 2.22. The zero-order valence-corrected chi connectivity index (χ0v) is 9.72. The first-order chi connectivity index (χ1) is 7.52. The molecular formula is C12H10O3S. The highest BCUT2D eigenvalue weighted by Gasteiger charge is 2.14. The Morgan fingerprint density at radius 2 is 2.06 bits per heavy atom. The maximum Gasteiger partial charge on any atom is 0.335 e. The minimum atomic E-state index is -0.990. The Balaban J connectivity index is 3.04. The van der Waals surface area contributed by atoms with Gasteiger partial charge in [-0.05, 0) is 42.5 Å². The highest BCUT2D eigenvalue weighted by atomic mass is 32.1. The van der Waals surface area contributed by atoms with E-state index in [-0.39, 0.29) is 11.0 Å². The number of carboxylic acid groups (broad SMARTS) is 1. The van der Waals surface area contributed by atoms with Crippen LogP contribution >= 0.6 is 11.3 Å². The zero-order valence-electron chi connectivity index (χ0n) is 8.90. The number of aryl methyl sites for hydroxylation is 2. The smallest absolute Gasteiger partial charge is 0.335 e. The Bertz CT molecular complexity index is 640. The molecular weight excluding hydrogens is 224 g/mol. The summed E-state index contributed by atoms with van der Waals surface area (Å²) < 4.78 is 0.870. The molecule has 0 radical (unpaired) electrons. The summed E-state index contributed by atoms with van der Waals surface area (Å²) in [7, 11) is 0. The van der Waals surface area contributed by atoms with Crippen LogP contribution in [0.5, 0.6) is 0 Å². The lowest BCUT2D eigenvalue weighted by Crippen LogP contribution is -2.07. The van der Waals surface area contributed by atoms with Crippen molar-refractivity contribution in [2.75, 3.05) is 0 Å². The van der Waals surface area contributed by atoms with Crippen LogP contribution in [0.25, 0.3) is 10.1 Å². The second kappa shape index (κ2) is 3.72. The van der Waals surface area contributed by atoms with E-state index in [0.29, 0.717) is 10.9 Å². The molecule has 0 spiro atoms. The molecule has 82 valence electrons. The van der Waals surface area contributed by atoms with E-state index in [1.807, 2.05) is 6.92 Å². The van der Waals surface area contributed by atoms with E-state index < -0.39 is 5.97 Å². The van der Waals surface area contributed by atoms with Crippen molar-refractivity contribution in [3.8, 4) is 0 Å². The zero-order chi connectivity index (χ0) is 11.9. The van der Waals surface area contributed by atoms with Gasteiger partial charge >= 0.3 is 5.97 Å². The lowest BCUT2D eigenvalue weighted by Gasteiger charge is -2.07. The summed E-state index contributed by atoms with van der Waals surface area (Å²) in [5.74, 6) is -0.990. The van der Waals surface area contributed by atoms with Gasteiger partial charge in [0.2, 0.25) is 0 Å². The maximum absolute atomic E-state index is 11.7. The van der Waals surface area contributed by atoms with Crippen molar-refractivity contribution in [2.45, 2.75) is 13.8 Å². The third-order valence-corrected chi connectivity index (χ3v) is 3.64. The molecule has 0 aliphatic heterocycles. The van der Waals surface area contributed by atoms with Crippen LogP contribution in [0, 0.1) is 13.8 Å². The van der Waals surface area contributed by atoms with Crippen LogP contribution in [0.1, 0.15) is 21.5 Å². The van der Waals surface area contributed by atoms with Gasteiger partial charge in [-0.15, -0.1) is 11.3 Å². The molecule has 4 heteroatoms. The molecule has 0 amide bonds. The van der Waals surface area contributed by atoms with Crippen molar-refractivity contribution in [1.29, 1.82) is 0 Å². The summed E-state index contributed by atoms with van der Waals surface area (Å²) in [4.78, 5) is 22.8. The van der Waals surface area contributed by atoms with Crippen molar-refractivity contribution >= 4 is 27.4 Å². The Labute approximate surface area is 96.0 Å². The molecule has 0 aliphatic carbocycles. The molecule has 0 unspecified atom stereocenters. The second-order valence-corrected chi connectivity index (χ2v) is 4.58. The monoisotopic (exact) mass is 234 g/mol. The van der Waals surface area contributed by atoms with Gasteiger partial charge < -0.3 is 5.11 Å². The van der Waals surface area contributed by atoms with Gasteiger partial charge in [-0.3, -0.25) is 4.79 Å². The number of fused-ring (bicyclic) bond motifs is 1. The van der Waals surface area contributed by atoms with Crippen LogP contribution in [0.3, 0.4) is 0 Å². The normalized spacial score (nSPS) is 10.6. The molecule has 1 aromatic carbocycles. The minimum Gasteiger partial charge on any atom is -0.478 e. The van der Waals surface area contributed by atoms with E-state index >= 15 is 0 Å². The predicted molar refractivity (Wildman–Crippen MR) is 64.5 cm³/mol. The van der Waals surface area contributed by atoms with Gasteiger partial charge in [-0.25, -0.2) is 4.79 Å². The van der Waals surface area contributed by atoms with Crippen molar-refractivity contribution < 1.29 is 9.90 Å². The number of hydrogen-bond donors (Lipinski definition) is 1. The van der Waals surface area contributed by atoms with E-state index in [0.717, 1.165) is 10.3 Å². The van der Waals surface area contributed by atoms with Crippen LogP contribution in [-0.2, 0) is 0 Å². The first-order valence-corrected chi connectivity index (χ1v) is 5.65. The highest BCUT2D eigenvalue weighted by molar-refractivity contribution is 7.16. The molecule has 0 aliphatic rings. The van der Waals surface area contributed by atoms with Gasteiger partial charge in [0.25, 0.3) is 0 Å². The number of carboxylic acids is 1. The molecule has 1 N–H and O–H groups in total. The van der Waals surface area contributed by atoms with Crippen LogP contribution in [0.2, 0.25) is 0 Å². The Morgan fingerprint density at radius 1 is 1.38 bits per heavy atom. The Kier molecular flexibility index (Phi) is 2.52. The van der Waals surface area contributed by atoms with Crippen molar-refractivity contribution in [3.63, 3.8) is 0 Å². The van der Waals surface area contributed by atoms with E-state index in [9.17, 15) is 9.59 Å². The van der Waals surface area contributed by atoms with Crippen molar-refractivity contribution in [1.82, 2.24) is 0 Å². The Hall–Kier alpha value is -1.68. The average molecular weight is 234 g/mol. The van der Waals surface area contributed by atoms with Gasteiger partial charge in [0.1, 0.15) is 0 Å². The summed E-state index contributed by atoms with van der Waals surface area (Å²) in [6.07, 6.45) is 0. The molecule has 1 heterocycles. The predicted octanol–water partition coefficient (Wildman–Crippen LogP) is 2.58. The fourth-order valence-corrected chi connectivity index (χ4v) is 2.75. The van der Waals surface area contributed by atoms with E-state index in [2.05, 4.69) is 0 Å². The molecule has 0 atom stereocenters. The van der Waals surface area contributed by atoms with E-state index in [1.165, 1.54) is 17.4 Å². The standard InChI is InChI=1S/C12H10O3S/c1-6-5-8(12(14)15)7(2)10-9(13)3-4-16-11(6)10/h3-5H,1-2H3,(H,14,15). The minimum absolute atomic E-state index is 0.113. The molecule has 0 saturated heterocycles. The van der Waals surface area contributed by atoms with Gasteiger partial charge in [0.05, 0.1) is 5.56 Å². The molecule has 0 saturated carbocycles. The molecule has 16 heavy (non-hydrogen) atoms. The Morgan fingerprint density at radius 3 is 2.69 bits per heavy atom. The van der Waals surface area contributed by atoms with Crippen molar-refractivity contribution in [2.24, 2.45) is 0 Å². The summed E-state index contributed by atoms with van der Waals surface area (Å²) in [6.45, 7) is 3.50. The second-order valence-electron chi connectivity index (χ2n) is 3.66. The fraction of sp³-hybridized carbons (Fsp3) is 0.167. The van der Waals surface area contributed by atoms with Gasteiger partial charge in [-0.2, -0.15) is 0 Å². The molecule has 3 nitrogen and oxygen atoms in total. The summed E-state index contributed by atoms with van der Waals surface area (Å²) in [6, 6.07) is 3.10. The summed E-state index contributed by atoms with van der Waals surface area (Å²) >= 11 is 1.46. The van der Waals surface area contributed by atoms with E-state index in [1.54, 1.807) is 18.4 Å².